The van der Waals surface area contributed by atoms with Gasteiger partial charge in [-0.1, -0.05) is 0 Å². The van der Waals surface area contributed by atoms with E-state index >= 15 is 0 Å². The molecule has 0 saturated carbocycles. The van der Waals surface area contributed by atoms with E-state index in [9.17, 15) is 0 Å². The van der Waals surface area contributed by atoms with E-state index in [0.717, 1.165) is 0 Å². The molecule has 0 bridgehead atoms. The van der Waals surface area contributed by atoms with Gasteiger partial charge >= 0.3 is 68.5 Å². The molecule has 33 valence electrons. The van der Waals surface area contributed by atoms with Crippen molar-refractivity contribution in [3.63, 3.8) is 0 Å². The van der Waals surface area contributed by atoms with Crippen molar-refractivity contribution in [1.82, 2.24) is 0 Å². The molecule has 0 aromatic rings. The Labute approximate surface area is 136 Å². The zero-order valence-electron chi connectivity index (χ0n) is 2.44. The van der Waals surface area contributed by atoms with Gasteiger partial charge in [0.05, 0.1) is 0 Å². The number of halogens is 3. The molecule has 0 aromatic heterocycles. The van der Waals surface area contributed by atoms with Crippen molar-refractivity contribution in [1.29, 1.82) is 0 Å². The Kier molecular flexibility index (Phi) is 164. The molecule has 5 heavy (non-hydrogen) atoms. The average molecular weight is 483 g/mol. The second kappa shape index (κ2) is 23.8. The molecule has 0 nitrogen and oxygen atoms in total. The minimum atomic E-state index is 0. The van der Waals surface area contributed by atoms with Crippen molar-refractivity contribution in [3.8, 4) is 0 Å². The Morgan fingerprint density at radius 1 is 0.600 bits per heavy atom. The normalized spacial score (nSPS) is 0. The third-order valence-electron chi connectivity index (χ3n) is 0. The Morgan fingerprint density at radius 2 is 0.600 bits per heavy atom. The second-order valence-corrected chi connectivity index (χ2v) is 0. The summed E-state index contributed by atoms with van der Waals surface area (Å²) in [6.45, 7) is 0. The predicted molar refractivity (Wildman–Crippen MR) is 0 cm³/mol. The molecule has 0 rings (SSSR count). The van der Waals surface area contributed by atoms with Gasteiger partial charge in [0.1, 0.15) is 0 Å². The van der Waals surface area contributed by atoms with Crippen LogP contribution in [0.25, 0.3) is 0 Å². The van der Waals surface area contributed by atoms with Crippen molar-refractivity contribution in [3.05, 3.63) is 0 Å². The molecular formula is CuI3K. The standard InChI is InChI=1S/Cu.3HI.K/h;3*1H;/q+2;;;;+1/p-3. The van der Waals surface area contributed by atoms with Crippen LogP contribution in [0.5, 0.6) is 0 Å². The van der Waals surface area contributed by atoms with Crippen LogP contribution in [0.2, 0.25) is 0 Å². The quantitative estimate of drug-likeness (QED) is 0.237. The molecule has 0 aliphatic heterocycles. The van der Waals surface area contributed by atoms with Crippen LogP contribution in [-0.4, -0.2) is 0 Å². The smallest absolute Gasteiger partial charge is 1.00 e. The Bertz CT molecular complexity index is 6.85. The topological polar surface area (TPSA) is 0 Å². The van der Waals surface area contributed by atoms with E-state index in [0.29, 0.717) is 0 Å². The molecule has 5 heteroatoms. The molecule has 0 unspecified atom stereocenters. The third kappa shape index (κ3) is 17.8. The first kappa shape index (κ1) is 34.5. The largest absolute Gasteiger partial charge is 2.00 e. The van der Waals surface area contributed by atoms with Gasteiger partial charge < -0.3 is 71.9 Å². The summed E-state index contributed by atoms with van der Waals surface area (Å²) in [5, 5.41) is 0. The fourth-order valence-electron chi connectivity index (χ4n) is 0. The fourth-order valence-corrected chi connectivity index (χ4v) is 0. The van der Waals surface area contributed by atoms with E-state index in [4.69, 9.17) is 0 Å². The van der Waals surface area contributed by atoms with E-state index in [1.54, 1.807) is 0 Å². The van der Waals surface area contributed by atoms with Crippen LogP contribution in [0.3, 0.4) is 0 Å². The van der Waals surface area contributed by atoms with Crippen molar-refractivity contribution in [2.75, 3.05) is 0 Å². The van der Waals surface area contributed by atoms with Gasteiger partial charge in [-0.05, 0) is 0 Å². The Morgan fingerprint density at radius 3 is 0.600 bits per heavy atom. The summed E-state index contributed by atoms with van der Waals surface area (Å²) in [4.78, 5) is 0. The van der Waals surface area contributed by atoms with Crippen LogP contribution in [0.15, 0.2) is 0 Å². The zero-order chi connectivity index (χ0) is 0. The minimum Gasteiger partial charge on any atom is -1.00 e. The first-order valence-corrected chi connectivity index (χ1v) is 0. The summed E-state index contributed by atoms with van der Waals surface area (Å²) in [7, 11) is 0. The van der Waals surface area contributed by atoms with E-state index < -0.39 is 0 Å². The van der Waals surface area contributed by atoms with Crippen LogP contribution in [0.4, 0.5) is 0 Å². The van der Waals surface area contributed by atoms with Gasteiger partial charge in [0.15, 0.2) is 0 Å². The van der Waals surface area contributed by atoms with Crippen LogP contribution in [-0.2, 0) is 17.1 Å². The van der Waals surface area contributed by atoms with E-state index in [-0.39, 0.29) is 140 Å². The Balaban J connectivity index is 0. The fraction of sp³-hybridized carbons (Fsp3) is 0. The van der Waals surface area contributed by atoms with Crippen molar-refractivity contribution in [2.45, 2.75) is 0 Å². The molecule has 0 N–H and O–H groups in total. The van der Waals surface area contributed by atoms with Crippen LogP contribution >= 0.6 is 0 Å². The van der Waals surface area contributed by atoms with Crippen molar-refractivity contribution < 1.29 is 140 Å². The number of hydrogen-bond donors (Lipinski definition) is 0. The molecule has 0 aliphatic carbocycles. The van der Waals surface area contributed by atoms with Gasteiger partial charge in [0.2, 0.25) is 0 Å². The maximum Gasteiger partial charge on any atom is 2.00 e. The van der Waals surface area contributed by atoms with Crippen molar-refractivity contribution >= 4 is 0 Å². The first-order valence-electron chi connectivity index (χ1n) is 0. The van der Waals surface area contributed by atoms with E-state index in [2.05, 4.69) is 0 Å². The molecule has 0 fully saturated rings. The van der Waals surface area contributed by atoms with Crippen LogP contribution in [0, 0.1) is 0 Å². The predicted octanol–water partition coefficient (Wildman–Crippen LogP) is -12.0. The van der Waals surface area contributed by atoms with Gasteiger partial charge in [-0.25, -0.2) is 0 Å². The third-order valence-corrected chi connectivity index (χ3v) is 0. The first-order chi connectivity index (χ1) is 0. The summed E-state index contributed by atoms with van der Waals surface area (Å²) < 4.78 is 0. The zero-order valence-corrected chi connectivity index (χ0v) is 13.0. The molecule has 0 aromatic carbocycles. The van der Waals surface area contributed by atoms with Crippen LogP contribution < -0.4 is 123 Å². The summed E-state index contributed by atoms with van der Waals surface area (Å²) in [6, 6.07) is 0. The molecular weight excluding hydrogens is 483 g/mol. The summed E-state index contributed by atoms with van der Waals surface area (Å²) in [5.74, 6) is 0. The maximum atomic E-state index is 0. The van der Waals surface area contributed by atoms with Gasteiger partial charge in [-0.15, -0.1) is 0 Å². The monoisotopic (exact) mass is 483 g/mol. The molecule has 0 spiro atoms. The van der Waals surface area contributed by atoms with Gasteiger partial charge in [0, 0.05) is 0 Å². The summed E-state index contributed by atoms with van der Waals surface area (Å²) >= 11 is 0. The molecule has 0 saturated heterocycles. The number of rotatable bonds is 0. The van der Waals surface area contributed by atoms with Crippen LogP contribution in [0.1, 0.15) is 0 Å². The minimum absolute atomic E-state index is 0. The van der Waals surface area contributed by atoms with Gasteiger partial charge in [-0.3, -0.25) is 0 Å². The molecule has 1 radical (unpaired) electrons. The van der Waals surface area contributed by atoms with Gasteiger partial charge in [0.25, 0.3) is 0 Å². The molecule has 0 atom stereocenters. The number of hydrogen-bond acceptors (Lipinski definition) is 0. The van der Waals surface area contributed by atoms with E-state index in [1.807, 2.05) is 0 Å². The Hall–Kier alpha value is 4.35. The average Bonchev–Trinajstić information content (AvgIpc) is 0. The molecule has 0 heterocycles. The summed E-state index contributed by atoms with van der Waals surface area (Å²) in [6.07, 6.45) is 0. The van der Waals surface area contributed by atoms with E-state index in [1.165, 1.54) is 0 Å². The van der Waals surface area contributed by atoms with Gasteiger partial charge in [-0.2, -0.15) is 0 Å². The molecule has 0 aliphatic rings. The summed E-state index contributed by atoms with van der Waals surface area (Å²) in [5.41, 5.74) is 0. The van der Waals surface area contributed by atoms with Crippen molar-refractivity contribution in [2.24, 2.45) is 0 Å². The second-order valence-electron chi connectivity index (χ2n) is 0. The maximum absolute atomic E-state index is 0. The molecule has 0 amide bonds. The SMILES string of the molecule is [Cu+2].[I-].[I-].[I-].[K+].